The topological polar surface area (TPSA) is 65.7 Å². The molecule has 3 rings (SSSR count). The van der Waals surface area contributed by atoms with E-state index < -0.39 is 17.8 Å². The van der Waals surface area contributed by atoms with Gasteiger partial charge in [0, 0.05) is 29.0 Å². The van der Waals surface area contributed by atoms with Crippen molar-refractivity contribution >= 4 is 33.9 Å². The van der Waals surface area contributed by atoms with E-state index in [4.69, 9.17) is 13.9 Å². The molecule has 0 amide bonds. The van der Waals surface area contributed by atoms with Gasteiger partial charge >= 0.3 is 11.9 Å². The Hall–Kier alpha value is -3.41. The largest absolute Gasteiger partial charge is 0.463 e. The molecule has 0 saturated heterocycles. The molecule has 6 heteroatoms. The smallest absolute Gasteiger partial charge is 0.335 e. The molecule has 0 spiro atoms. The van der Waals surface area contributed by atoms with Crippen LogP contribution in [0.2, 0.25) is 0 Å². The third-order valence-electron chi connectivity index (χ3n) is 4.02. The predicted molar refractivity (Wildman–Crippen MR) is 99.0 cm³/mol. The molecule has 2 aromatic carbocycles. The SMILES string of the molecule is C=CC(=O)OCCCc1ccc2c(oc3cc(OC(=O)C=C)ccc32)c1F. The lowest BCUT2D eigenvalue weighted by Gasteiger charge is -2.04. The number of rotatable bonds is 7. The summed E-state index contributed by atoms with van der Waals surface area (Å²) in [7, 11) is 0. The Kier molecular flexibility index (Phi) is 5.35. The number of fused-ring (bicyclic) bond motifs is 3. The van der Waals surface area contributed by atoms with Crippen LogP contribution in [-0.2, 0) is 20.7 Å². The number of esters is 2. The van der Waals surface area contributed by atoms with E-state index in [0.717, 1.165) is 12.2 Å². The van der Waals surface area contributed by atoms with Crippen molar-refractivity contribution < 1.29 is 27.9 Å². The summed E-state index contributed by atoms with van der Waals surface area (Å²) in [6.45, 7) is 6.84. The number of benzene rings is 2. The second-order valence-electron chi connectivity index (χ2n) is 5.78. The van der Waals surface area contributed by atoms with Crippen LogP contribution in [0.15, 0.2) is 60.1 Å². The highest BCUT2D eigenvalue weighted by Gasteiger charge is 2.15. The highest BCUT2D eigenvalue weighted by Crippen LogP contribution is 2.34. The normalized spacial score (nSPS) is 10.7. The van der Waals surface area contributed by atoms with Crippen LogP contribution in [0, 0.1) is 5.82 Å². The number of aryl methyl sites for hydroxylation is 1. The van der Waals surface area contributed by atoms with Crippen molar-refractivity contribution in [1.29, 1.82) is 0 Å². The highest BCUT2D eigenvalue weighted by molar-refractivity contribution is 6.05. The average molecular weight is 368 g/mol. The Morgan fingerprint density at radius 3 is 2.56 bits per heavy atom. The minimum absolute atomic E-state index is 0.137. The van der Waals surface area contributed by atoms with Gasteiger partial charge in [0.2, 0.25) is 0 Å². The van der Waals surface area contributed by atoms with Crippen LogP contribution in [-0.4, -0.2) is 18.5 Å². The van der Waals surface area contributed by atoms with Crippen molar-refractivity contribution in [2.24, 2.45) is 0 Å². The van der Waals surface area contributed by atoms with Gasteiger partial charge in [-0.3, -0.25) is 0 Å². The first-order chi connectivity index (χ1) is 13.0. The fourth-order valence-electron chi connectivity index (χ4n) is 2.74. The molecule has 0 radical (unpaired) electrons. The van der Waals surface area contributed by atoms with Crippen LogP contribution >= 0.6 is 0 Å². The quantitative estimate of drug-likeness (QED) is 0.266. The molecule has 0 atom stereocenters. The number of hydrogen-bond acceptors (Lipinski definition) is 5. The molecular weight excluding hydrogens is 351 g/mol. The zero-order valence-corrected chi connectivity index (χ0v) is 14.5. The molecular formula is C21H17FO5. The lowest BCUT2D eigenvalue weighted by Crippen LogP contribution is -2.03. The molecule has 0 aliphatic rings. The molecule has 0 saturated carbocycles. The van der Waals surface area contributed by atoms with Crippen molar-refractivity contribution in [1.82, 2.24) is 0 Å². The van der Waals surface area contributed by atoms with E-state index in [1.54, 1.807) is 24.3 Å². The van der Waals surface area contributed by atoms with E-state index in [-0.39, 0.29) is 17.9 Å². The van der Waals surface area contributed by atoms with Crippen LogP contribution in [0.1, 0.15) is 12.0 Å². The molecule has 0 unspecified atom stereocenters. The van der Waals surface area contributed by atoms with Gasteiger partial charge in [-0.15, -0.1) is 0 Å². The van der Waals surface area contributed by atoms with Crippen LogP contribution in [0.3, 0.4) is 0 Å². The van der Waals surface area contributed by atoms with E-state index in [2.05, 4.69) is 13.2 Å². The van der Waals surface area contributed by atoms with E-state index >= 15 is 0 Å². The summed E-state index contributed by atoms with van der Waals surface area (Å²) in [6, 6.07) is 8.32. The van der Waals surface area contributed by atoms with Gasteiger partial charge in [-0.2, -0.15) is 0 Å². The summed E-state index contributed by atoms with van der Waals surface area (Å²) in [5.41, 5.74) is 1.02. The fourth-order valence-corrected chi connectivity index (χ4v) is 2.74. The Balaban J connectivity index is 1.85. The minimum Gasteiger partial charge on any atom is -0.463 e. The van der Waals surface area contributed by atoms with E-state index in [1.807, 2.05) is 0 Å². The first-order valence-corrected chi connectivity index (χ1v) is 8.30. The molecule has 1 aromatic heterocycles. The number of carbonyl (C=O) groups excluding carboxylic acids is 2. The number of ether oxygens (including phenoxy) is 2. The van der Waals surface area contributed by atoms with Gasteiger partial charge in [0.05, 0.1) is 6.61 Å². The zero-order valence-electron chi connectivity index (χ0n) is 14.5. The van der Waals surface area contributed by atoms with Gasteiger partial charge in [-0.25, -0.2) is 14.0 Å². The molecule has 138 valence electrons. The molecule has 5 nitrogen and oxygen atoms in total. The van der Waals surface area contributed by atoms with Crippen molar-refractivity contribution in [3.63, 3.8) is 0 Å². The maximum absolute atomic E-state index is 14.8. The van der Waals surface area contributed by atoms with E-state index in [0.29, 0.717) is 34.8 Å². The van der Waals surface area contributed by atoms with Crippen LogP contribution in [0.25, 0.3) is 21.9 Å². The van der Waals surface area contributed by atoms with Gasteiger partial charge in [0.25, 0.3) is 0 Å². The minimum atomic E-state index is -0.587. The van der Waals surface area contributed by atoms with Crippen molar-refractivity contribution in [3.05, 3.63) is 67.0 Å². The second kappa shape index (κ2) is 7.86. The van der Waals surface area contributed by atoms with Crippen molar-refractivity contribution in [3.8, 4) is 5.75 Å². The number of hydrogen-bond donors (Lipinski definition) is 0. The van der Waals surface area contributed by atoms with Gasteiger partial charge in [0.15, 0.2) is 11.4 Å². The van der Waals surface area contributed by atoms with Crippen molar-refractivity contribution in [2.75, 3.05) is 6.61 Å². The lowest BCUT2D eigenvalue weighted by atomic mass is 10.1. The average Bonchev–Trinajstić information content (AvgIpc) is 3.05. The Bertz CT molecular complexity index is 1050. The zero-order chi connectivity index (χ0) is 19.4. The van der Waals surface area contributed by atoms with E-state index in [9.17, 15) is 14.0 Å². The standard InChI is InChI=1S/C21H17FO5/c1-3-18(23)25-11-5-6-13-7-9-16-15-10-8-14(26-19(24)4-2)12-17(15)27-21(16)20(13)22/h3-4,7-10,12H,1-2,5-6,11H2. The third kappa shape index (κ3) is 3.89. The molecule has 0 bridgehead atoms. The second-order valence-corrected chi connectivity index (χ2v) is 5.78. The number of halogens is 1. The summed E-state index contributed by atoms with van der Waals surface area (Å²) in [5.74, 6) is -1.26. The molecule has 3 aromatic rings. The van der Waals surface area contributed by atoms with Crippen LogP contribution in [0.4, 0.5) is 4.39 Å². The summed E-state index contributed by atoms with van der Waals surface area (Å²) < 4.78 is 30.4. The molecule has 1 heterocycles. The first-order valence-electron chi connectivity index (χ1n) is 8.30. The van der Waals surface area contributed by atoms with Gasteiger partial charge in [0.1, 0.15) is 11.3 Å². The lowest BCUT2D eigenvalue weighted by molar-refractivity contribution is -0.137. The molecule has 0 aliphatic carbocycles. The van der Waals surface area contributed by atoms with Crippen molar-refractivity contribution in [2.45, 2.75) is 12.8 Å². The Morgan fingerprint density at radius 1 is 1.07 bits per heavy atom. The third-order valence-corrected chi connectivity index (χ3v) is 4.02. The van der Waals surface area contributed by atoms with Crippen LogP contribution < -0.4 is 4.74 Å². The maximum Gasteiger partial charge on any atom is 0.335 e. The van der Waals surface area contributed by atoms with Gasteiger partial charge < -0.3 is 13.9 Å². The molecule has 27 heavy (non-hydrogen) atoms. The van der Waals surface area contributed by atoms with Crippen LogP contribution in [0.5, 0.6) is 5.75 Å². The van der Waals surface area contributed by atoms with Gasteiger partial charge in [-0.05, 0) is 30.5 Å². The fraction of sp³-hybridized carbons (Fsp3) is 0.143. The molecule has 0 fully saturated rings. The molecule has 0 aliphatic heterocycles. The Morgan fingerprint density at radius 2 is 1.81 bits per heavy atom. The predicted octanol–water partition coefficient (Wildman–Crippen LogP) is 4.48. The summed E-state index contributed by atoms with van der Waals surface area (Å²) >= 11 is 0. The monoisotopic (exact) mass is 368 g/mol. The molecule has 0 N–H and O–H groups in total. The highest BCUT2D eigenvalue weighted by atomic mass is 19.1. The number of furan rings is 1. The summed E-state index contributed by atoms with van der Waals surface area (Å²) in [4.78, 5) is 22.3. The summed E-state index contributed by atoms with van der Waals surface area (Å²) in [5, 5.41) is 1.35. The first kappa shape index (κ1) is 18.4. The summed E-state index contributed by atoms with van der Waals surface area (Å²) in [6.07, 6.45) is 3.01. The maximum atomic E-state index is 14.8. The van der Waals surface area contributed by atoms with Gasteiger partial charge in [-0.1, -0.05) is 25.3 Å². The number of carbonyl (C=O) groups is 2. The Labute approximate surface area is 154 Å². The van der Waals surface area contributed by atoms with E-state index in [1.165, 1.54) is 6.07 Å².